The summed E-state index contributed by atoms with van der Waals surface area (Å²) in [5.41, 5.74) is 2.91. The van der Waals surface area contributed by atoms with E-state index in [0.29, 0.717) is 22.9 Å². The maximum atomic E-state index is 12.4. The van der Waals surface area contributed by atoms with E-state index in [1.807, 2.05) is 36.4 Å². The smallest absolute Gasteiger partial charge is 0.274 e. The summed E-state index contributed by atoms with van der Waals surface area (Å²) in [5, 5.41) is 14.7. The zero-order chi connectivity index (χ0) is 17.6. The first kappa shape index (κ1) is 16.1. The van der Waals surface area contributed by atoms with Crippen LogP contribution in [0.1, 0.15) is 21.7 Å². The van der Waals surface area contributed by atoms with Crippen LogP contribution in [0.2, 0.25) is 0 Å². The maximum absolute atomic E-state index is 12.4. The molecule has 0 radical (unpaired) electrons. The van der Waals surface area contributed by atoms with Gasteiger partial charge in [-0.1, -0.05) is 18.2 Å². The fraction of sp³-hybridized carbons (Fsp3) is 0.0526. The van der Waals surface area contributed by atoms with E-state index in [4.69, 9.17) is 5.26 Å². The van der Waals surface area contributed by atoms with Gasteiger partial charge >= 0.3 is 0 Å². The molecule has 0 saturated heterocycles. The van der Waals surface area contributed by atoms with Gasteiger partial charge in [0.2, 0.25) is 5.95 Å². The van der Waals surface area contributed by atoms with E-state index in [-0.39, 0.29) is 11.6 Å². The molecule has 0 aliphatic rings. The number of amides is 1. The molecule has 1 heterocycles. The highest BCUT2D eigenvalue weighted by Gasteiger charge is 2.11. The topological polar surface area (TPSA) is 90.7 Å². The Morgan fingerprint density at radius 3 is 2.40 bits per heavy atom. The van der Waals surface area contributed by atoms with E-state index >= 15 is 0 Å². The van der Waals surface area contributed by atoms with Crippen molar-refractivity contribution in [1.29, 1.82) is 5.26 Å². The van der Waals surface area contributed by atoms with Crippen molar-refractivity contribution < 1.29 is 4.79 Å². The molecule has 0 fully saturated rings. The molecule has 0 saturated carbocycles. The Balaban J connectivity index is 1.79. The molecule has 122 valence electrons. The monoisotopic (exact) mass is 329 g/mol. The third-order valence-corrected chi connectivity index (χ3v) is 3.39. The lowest BCUT2D eigenvalue weighted by Crippen LogP contribution is -2.15. The first-order valence-electron chi connectivity index (χ1n) is 7.63. The van der Waals surface area contributed by atoms with Crippen LogP contribution in [-0.2, 0) is 0 Å². The van der Waals surface area contributed by atoms with Crippen LogP contribution in [0.15, 0.2) is 60.7 Å². The second-order valence-corrected chi connectivity index (χ2v) is 5.35. The third-order valence-electron chi connectivity index (χ3n) is 3.39. The molecule has 0 atom stereocenters. The molecule has 1 amide bonds. The van der Waals surface area contributed by atoms with Crippen LogP contribution >= 0.6 is 0 Å². The van der Waals surface area contributed by atoms with Crippen molar-refractivity contribution in [2.45, 2.75) is 6.92 Å². The van der Waals surface area contributed by atoms with Gasteiger partial charge in [0, 0.05) is 17.1 Å². The molecule has 0 unspecified atom stereocenters. The predicted octanol–water partition coefficient (Wildman–Crippen LogP) is 3.65. The van der Waals surface area contributed by atoms with Gasteiger partial charge in [0.15, 0.2) is 0 Å². The van der Waals surface area contributed by atoms with E-state index in [0.717, 1.165) is 5.69 Å². The van der Waals surface area contributed by atoms with Crippen LogP contribution < -0.4 is 10.6 Å². The van der Waals surface area contributed by atoms with E-state index in [1.165, 1.54) is 0 Å². The number of rotatable bonds is 4. The highest BCUT2D eigenvalue weighted by molar-refractivity contribution is 6.03. The van der Waals surface area contributed by atoms with Crippen LogP contribution in [0.5, 0.6) is 0 Å². The van der Waals surface area contributed by atoms with Crippen LogP contribution in [0.25, 0.3) is 0 Å². The molecule has 3 rings (SSSR count). The quantitative estimate of drug-likeness (QED) is 0.762. The average Bonchev–Trinajstić information content (AvgIpc) is 2.62. The van der Waals surface area contributed by atoms with Crippen LogP contribution in [0.3, 0.4) is 0 Å². The van der Waals surface area contributed by atoms with E-state index in [1.54, 1.807) is 37.3 Å². The molecule has 1 aromatic heterocycles. The summed E-state index contributed by atoms with van der Waals surface area (Å²) in [6, 6.07) is 19.8. The second kappa shape index (κ2) is 7.23. The molecule has 2 N–H and O–H groups in total. The van der Waals surface area contributed by atoms with Crippen molar-refractivity contribution in [3.05, 3.63) is 77.6 Å². The fourth-order valence-corrected chi connectivity index (χ4v) is 2.21. The van der Waals surface area contributed by atoms with Gasteiger partial charge in [-0.3, -0.25) is 4.79 Å². The predicted molar refractivity (Wildman–Crippen MR) is 95.6 cm³/mol. The molecule has 2 aromatic carbocycles. The normalized spacial score (nSPS) is 9.92. The highest BCUT2D eigenvalue weighted by atomic mass is 16.1. The molecule has 6 nitrogen and oxygen atoms in total. The number of aromatic nitrogens is 2. The van der Waals surface area contributed by atoms with Crippen molar-refractivity contribution in [3.8, 4) is 6.07 Å². The number of anilines is 3. The number of hydrogen-bond donors (Lipinski definition) is 2. The molecular weight excluding hydrogens is 314 g/mol. The van der Waals surface area contributed by atoms with Gasteiger partial charge in [0.05, 0.1) is 11.6 Å². The number of carbonyl (C=O) groups is 1. The summed E-state index contributed by atoms with van der Waals surface area (Å²) in [6.45, 7) is 1.80. The molecule has 6 heteroatoms. The Kier molecular flexibility index (Phi) is 4.67. The van der Waals surface area contributed by atoms with Gasteiger partial charge in [-0.15, -0.1) is 0 Å². The number of aryl methyl sites for hydroxylation is 1. The van der Waals surface area contributed by atoms with Crippen molar-refractivity contribution in [3.63, 3.8) is 0 Å². The number of para-hydroxylation sites is 1. The van der Waals surface area contributed by atoms with Crippen molar-refractivity contribution >= 4 is 23.2 Å². The molecule has 0 bridgehead atoms. The SMILES string of the molecule is Cc1cc(C(=O)Nc2ccc(C#N)cc2)nc(Nc2ccccc2)n1. The lowest BCUT2D eigenvalue weighted by atomic mass is 10.2. The zero-order valence-corrected chi connectivity index (χ0v) is 13.5. The minimum absolute atomic E-state index is 0.260. The van der Waals surface area contributed by atoms with Crippen molar-refractivity contribution in [1.82, 2.24) is 9.97 Å². The van der Waals surface area contributed by atoms with Gasteiger partial charge in [0.25, 0.3) is 5.91 Å². The summed E-state index contributed by atoms with van der Waals surface area (Å²) in [7, 11) is 0. The van der Waals surface area contributed by atoms with Crippen LogP contribution in [0.4, 0.5) is 17.3 Å². The van der Waals surface area contributed by atoms with Crippen LogP contribution in [-0.4, -0.2) is 15.9 Å². The van der Waals surface area contributed by atoms with Crippen molar-refractivity contribution in [2.24, 2.45) is 0 Å². The minimum atomic E-state index is -0.341. The Morgan fingerprint density at radius 2 is 1.72 bits per heavy atom. The van der Waals surface area contributed by atoms with Gasteiger partial charge in [-0.2, -0.15) is 5.26 Å². The third kappa shape index (κ3) is 4.18. The largest absolute Gasteiger partial charge is 0.324 e. The molecule has 0 aliphatic carbocycles. The number of benzene rings is 2. The Morgan fingerprint density at radius 1 is 1.00 bits per heavy atom. The summed E-state index contributed by atoms with van der Waals surface area (Å²) in [6.07, 6.45) is 0. The summed E-state index contributed by atoms with van der Waals surface area (Å²) in [5.74, 6) is 0.0162. The fourth-order valence-electron chi connectivity index (χ4n) is 2.21. The zero-order valence-electron chi connectivity index (χ0n) is 13.5. The lowest BCUT2D eigenvalue weighted by Gasteiger charge is -2.09. The molecule has 0 spiro atoms. The molecule has 25 heavy (non-hydrogen) atoms. The highest BCUT2D eigenvalue weighted by Crippen LogP contribution is 2.15. The minimum Gasteiger partial charge on any atom is -0.324 e. The van der Waals surface area contributed by atoms with E-state index in [2.05, 4.69) is 20.6 Å². The number of hydrogen-bond acceptors (Lipinski definition) is 5. The van der Waals surface area contributed by atoms with E-state index in [9.17, 15) is 4.79 Å². The Bertz CT molecular complexity index is 930. The van der Waals surface area contributed by atoms with Gasteiger partial charge in [-0.25, -0.2) is 9.97 Å². The summed E-state index contributed by atoms with van der Waals surface area (Å²) in [4.78, 5) is 21.0. The lowest BCUT2D eigenvalue weighted by molar-refractivity contribution is 0.102. The maximum Gasteiger partial charge on any atom is 0.274 e. The molecule has 3 aromatic rings. The summed E-state index contributed by atoms with van der Waals surface area (Å²) < 4.78 is 0. The molecule has 0 aliphatic heterocycles. The number of nitrogens with zero attached hydrogens (tertiary/aromatic N) is 3. The Labute approximate surface area is 145 Å². The first-order chi connectivity index (χ1) is 12.1. The standard InChI is InChI=1S/C19H15N5O/c1-13-11-17(18(25)22-16-9-7-14(12-20)8-10-16)24-19(21-13)23-15-5-3-2-4-6-15/h2-11H,1H3,(H,22,25)(H,21,23,24). The van der Waals surface area contributed by atoms with Gasteiger partial charge < -0.3 is 10.6 Å². The number of nitrogens with one attached hydrogen (secondary N) is 2. The van der Waals surface area contributed by atoms with E-state index < -0.39 is 0 Å². The Hall–Kier alpha value is -3.72. The average molecular weight is 329 g/mol. The van der Waals surface area contributed by atoms with Crippen molar-refractivity contribution in [2.75, 3.05) is 10.6 Å². The number of nitriles is 1. The van der Waals surface area contributed by atoms with Gasteiger partial charge in [0.1, 0.15) is 5.69 Å². The van der Waals surface area contributed by atoms with Gasteiger partial charge in [-0.05, 0) is 49.4 Å². The first-order valence-corrected chi connectivity index (χ1v) is 7.63. The number of carbonyl (C=O) groups excluding carboxylic acids is 1. The van der Waals surface area contributed by atoms with Crippen LogP contribution in [0, 0.1) is 18.3 Å². The summed E-state index contributed by atoms with van der Waals surface area (Å²) >= 11 is 0. The molecular formula is C19H15N5O. The second-order valence-electron chi connectivity index (χ2n) is 5.35.